The molecule has 0 aliphatic carbocycles. The Labute approximate surface area is 142 Å². The number of rotatable bonds is 4. The molecule has 1 aliphatic rings. The van der Waals surface area contributed by atoms with E-state index in [-0.39, 0.29) is 17.2 Å². The zero-order valence-corrected chi connectivity index (χ0v) is 13.5. The van der Waals surface area contributed by atoms with Crippen LogP contribution in [0.2, 0.25) is 5.02 Å². The molecule has 8 nitrogen and oxygen atoms in total. The molecule has 2 aromatic rings. The summed E-state index contributed by atoms with van der Waals surface area (Å²) in [5, 5.41) is 16.5. The van der Waals surface area contributed by atoms with Crippen LogP contribution < -0.4 is 16.2 Å². The normalized spacial score (nSPS) is 20.1. The summed E-state index contributed by atoms with van der Waals surface area (Å²) >= 11 is 5.90. The first kappa shape index (κ1) is 16.4. The van der Waals surface area contributed by atoms with E-state index in [1.54, 1.807) is 12.1 Å². The lowest BCUT2D eigenvalue weighted by Crippen LogP contribution is -2.47. The van der Waals surface area contributed by atoms with Crippen LogP contribution in [0.15, 0.2) is 30.5 Å². The molecule has 24 heavy (non-hydrogen) atoms. The van der Waals surface area contributed by atoms with E-state index in [1.807, 2.05) is 12.1 Å². The molecule has 126 valence electrons. The Balaban J connectivity index is 1.80. The number of nitrogens with zero attached hydrogens (tertiary/aromatic N) is 2. The lowest BCUT2D eigenvalue weighted by atomic mass is 9.97. The zero-order chi connectivity index (χ0) is 17.3. The summed E-state index contributed by atoms with van der Waals surface area (Å²) in [6.07, 6.45) is 0.768. The molecule has 2 unspecified atom stereocenters. The van der Waals surface area contributed by atoms with Crippen LogP contribution in [0.4, 0.5) is 0 Å². The van der Waals surface area contributed by atoms with Crippen LogP contribution in [0.5, 0.6) is 0 Å². The molecule has 4 N–H and O–H groups in total. The molecule has 2 heterocycles. The number of halogens is 1. The van der Waals surface area contributed by atoms with E-state index < -0.39 is 18.0 Å². The Morgan fingerprint density at radius 2 is 2.08 bits per heavy atom. The summed E-state index contributed by atoms with van der Waals surface area (Å²) in [6, 6.07) is 7.37. The maximum atomic E-state index is 12.5. The van der Waals surface area contributed by atoms with Gasteiger partial charge in [-0.3, -0.25) is 14.9 Å². The van der Waals surface area contributed by atoms with Crippen LogP contribution in [0.25, 0.3) is 0 Å². The van der Waals surface area contributed by atoms with Crippen LogP contribution >= 0.6 is 11.6 Å². The molecule has 1 amide bonds. The quantitative estimate of drug-likeness (QED) is 0.647. The smallest absolute Gasteiger partial charge is 0.339 e. The number of carboxylic acid groups (broad SMARTS) is 1. The maximum Gasteiger partial charge on any atom is 0.339 e. The van der Waals surface area contributed by atoms with Crippen molar-refractivity contribution in [1.82, 2.24) is 25.9 Å². The second kappa shape index (κ2) is 6.60. The Morgan fingerprint density at radius 3 is 2.75 bits per heavy atom. The molecule has 9 heteroatoms. The SMILES string of the molecule is Cn1ncc(C(=O)O)c1C(=O)NC1NNCC1c1ccc(Cl)cc1. The molecule has 2 atom stereocenters. The molecular formula is C15H16ClN5O3. The molecule has 3 rings (SSSR count). The van der Waals surface area contributed by atoms with Crippen molar-refractivity contribution in [2.45, 2.75) is 12.1 Å². The first-order chi connectivity index (χ1) is 11.5. The maximum absolute atomic E-state index is 12.5. The predicted molar refractivity (Wildman–Crippen MR) is 86.8 cm³/mol. The van der Waals surface area contributed by atoms with Gasteiger partial charge in [0.05, 0.1) is 6.20 Å². The Kier molecular flexibility index (Phi) is 4.52. The largest absolute Gasteiger partial charge is 0.478 e. The number of amides is 1. The lowest BCUT2D eigenvalue weighted by molar-refractivity contribution is 0.0689. The van der Waals surface area contributed by atoms with E-state index in [1.165, 1.54) is 11.7 Å². The highest BCUT2D eigenvalue weighted by Crippen LogP contribution is 2.23. The monoisotopic (exact) mass is 349 g/mol. The molecule has 0 saturated carbocycles. The number of carbonyl (C=O) groups excluding carboxylic acids is 1. The molecule has 1 saturated heterocycles. The number of carbonyl (C=O) groups is 2. The minimum Gasteiger partial charge on any atom is -0.478 e. The van der Waals surface area contributed by atoms with Crippen molar-refractivity contribution in [3.8, 4) is 0 Å². The second-order valence-electron chi connectivity index (χ2n) is 5.47. The van der Waals surface area contributed by atoms with Crippen molar-refractivity contribution < 1.29 is 14.7 Å². The average molecular weight is 350 g/mol. The summed E-state index contributed by atoms with van der Waals surface area (Å²) in [4.78, 5) is 23.7. The number of benzene rings is 1. The molecular weight excluding hydrogens is 334 g/mol. The third-order valence-corrected chi connectivity index (χ3v) is 4.20. The fraction of sp³-hybridized carbons (Fsp3) is 0.267. The first-order valence-corrected chi connectivity index (χ1v) is 7.65. The highest BCUT2D eigenvalue weighted by Gasteiger charge is 2.31. The van der Waals surface area contributed by atoms with Crippen molar-refractivity contribution in [2.75, 3.05) is 6.54 Å². The second-order valence-corrected chi connectivity index (χ2v) is 5.91. The number of carboxylic acids is 1. The number of nitrogens with one attached hydrogen (secondary N) is 3. The van der Waals surface area contributed by atoms with Gasteiger partial charge in [-0.15, -0.1) is 0 Å². The van der Waals surface area contributed by atoms with Gasteiger partial charge in [0.1, 0.15) is 17.4 Å². The van der Waals surface area contributed by atoms with Gasteiger partial charge < -0.3 is 10.4 Å². The predicted octanol–water partition coefficient (Wildman–Crippen LogP) is 0.719. The number of aryl methyl sites for hydroxylation is 1. The van der Waals surface area contributed by atoms with Gasteiger partial charge in [-0.05, 0) is 17.7 Å². The Morgan fingerprint density at radius 1 is 1.38 bits per heavy atom. The van der Waals surface area contributed by atoms with E-state index in [0.29, 0.717) is 11.6 Å². The fourth-order valence-electron chi connectivity index (χ4n) is 2.73. The molecule has 1 aromatic carbocycles. The fourth-order valence-corrected chi connectivity index (χ4v) is 2.85. The summed E-state index contributed by atoms with van der Waals surface area (Å²) in [6.45, 7) is 0.615. The number of hydrazine groups is 1. The summed E-state index contributed by atoms with van der Waals surface area (Å²) in [7, 11) is 1.53. The molecule has 1 aromatic heterocycles. The van der Waals surface area contributed by atoms with Gasteiger partial charge in [0.2, 0.25) is 0 Å². The summed E-state index contributed by atoms with van der Waals surface area (Å²) < 4.78 is 1.25. The first-order valence-electron chi connectivity index (χ1n) is 7.27. The molecule has 0 radical (unpaired) electrons. The van der Waals surface area contributed by atoms with Gasteiger partial charge >= 0.3 is 5.97 Å². The van der Waals surface area contributed by atoms with Gasteiger partial charge in [0.25, 0.3) is 5.91 Å². The van der Waals surface area contributed by atoms with Gasteiger partial charge in [-0.1, -0.05) is 23.7 Å². The number of hydrogen-bond donors (Lipinski definition) is 4. The molecule has 1 fully saturated rings. The third-order valence-electron chi connectivity index (χ3n) is 3.95. The zero-order valence-electron chi connectivity index (χ0n) is 12.8. The molecule has 0 spiro atoms. The summed E-state index contributed by atoms with van der Waals surface area (Å²) in [5.41, 5.74) is 6.87. The Bertz CT molecular complexity index is 774. The highest BCUT2D eigenvalue weighted by molar-refractivity contribution is 6.30. The van der Waals surface area contributed by atoms with Crippen LogP contribution in [0.1, 0.15) is 32.3 Å². The van der Waals surface area contributed by atoms with Crippen molar-refractivity contribution in [3.63, 3.8) is 0 Å². The molecule has 1 aliphatic heterocycles. The number of hydrogen-bond acceptors (Lipinski definition) is 5. The average Bonchev–Trinajstić information content (AvgIpc) is 3.14. The van der Waals surface area contributed by atoms with E-state index >= 15 is 0 Å². The van der Waals surface area contributed by atoms with E-state index in [4.69, 9.17) is 11.6 Å². The highest BCUT2D eigenvalue weighted by atomic mass is 35.5. The van der Waals surface area contributed by atoms with Gasteiger partial charge in [0, 0.05) is 24.5 Å². The van der Waals surface area contributed by atoms with Gasteiger partial charge in [-0.2, -0.15) is 5.10 Å². The van der Waals surface area contributed by atoms with Gasteiger partial charge in [0.15, 0.2) is 0 Å². The Hall–Kier alpha value is -2.42. The summed E-state index contributed by atoms with van der Waals surface area (Å²) in [5.74, 6) is -1.72. The van der Waals surface area contributed by atoms with Crippen LogP contribution in [-0.4, -0.2) is 39.5 Å². The van der Waals surface area contributed by atoms with Crippen LogP contribution in [0.3, 0.4) is 0 Å². The van der Waals surface area contributed by atoms with Crippen molar-refractivity contribution in [2.24, 2.45) is 7.05 Å². The lowest BCUT2D eigenvalue weighted by Gasteiger charge is -2.20. The van der Waals surface area contributed by atoms with Gasteiger partial charge in [-0.25, -0.2) is 10.2 Å². The van der Waals surface area contributed by atoms with Crippen molar-refractivity contribution >= 4 is 23.5 Å². The number of aromatic carboxylic acids is 1. The van der Waals surface area contributed by atoms with Crippen molar-refractivity contribution in [3.05, 3.63) is 52.3 Å². The topological polar surface area (TPSA) is 108 Å². The third kappa shape index (κ3) is 3.12. The van der Waals surface area contributed by atoms with Crippen molar-refractivity contribution in [1.29, 1.82) is 0 Å². The van der Waals surface area contributed by atoms with Crippen LogP contribution in [-0.2, 0) is 7.05 Å². The minimum absolute atomic E-state index is 0.00561. The number of aromatic nitrogens is 2. The molecule has 0 bridgehead atoms. The standard InChI is InChI=1S/C15H16ClN5O3/c1-21-12(11(7-18-21)15(23)24)14(22)19-13-10(6-17-20-13)8-2-4-9(16)5-3-8/h2-5,7,10,13,17,20H,6H2,1H3,(H,19,22)(H,23,24). The van der Waals surface area contributed by atoms with Crippen LogP contribution in [0, 0.1) is 0 Å². The minimum atomic E-state index is -1.19. The van der Waals surface area contributed by atoms with E-state index in [0.717, 1.165) is 11.8 Å². The van der Waals surface area contributed by atoms with E-state index in [2.05, 4.69) is 21.3 Å². The van der Waals surface area contributed by atoms with E-state index in [9.17, 15) is 14.7 Å².